The first-order valence-corrected chi connectivity index (χ1v) is 17.4. The number of aromatic nitrogens is 2. The highest BCUT2D eigenvalue weighted by molar-refractivity contribution is 7.92. The highest BCUT2D eigenvalue weighted by Gasteiger charge is 2.23. The Hall–Kier alpha value is -4.91. The van der Waals surface area contributed by atoms with Crippen molar-refractivity contribution in [1.29, 1.82) is 0 Å². The summed E-state index contributed by atoms with van der Waals surface area (Å²) in [5, 5.41) is 12.4. The van der Waals surface area contributed by atoms with Gasteiger partial charge in [0.15, 0.2) is 0 Å². The molecule has 1 aliphatic rings. The van der Waals surface area contributed by atoms with Gasteiger partial charge in [-0.25, -0.2) is 17.9 Å². The molecule has 12 heteroatoms. The fourth-order valence-corrected chi connectivity index (χ4v) is 6.52. The third kappa shape index (κ3) is 7.79. The van der Waals surface area contributed by atoms with Crippen molar-refractivity contribution in [2.24, 2.45) is 0 Å². The number of rotatable bonds is 10. The number of fused-ring (bicyclic) bond motifs is 1. The second-order valence-electron chi connectivity index (χ2n) is 12.6. The number of carbonyl (C=O) groups excluding carboxylic acids is 1. The molecule has 1 aliphatic heterocycles. The lowest BCUT2D eigenvalue weighted by Crippen LogP contribution is -2.38. The summed E-state index contributed by atoms with van der Waals surface area (Å²) in [6, 6.07) is 27.9. The van der Waals surface area contributed by atoms with Crippen LogP contribution in [0.4, 0.5) is 22.0 Å². The maximum absolute atomic E-state index is 13.5. The molecule has 250 valence electrons. The average molecular weight is 669 g/mol. The molecule has 5 aromatic rings. The molecule has 1 saturated heterocycles. The predicted molar refractivity (Wildman–Crippen MR) is 189 cm³/mol. The molecule has 3 N–H and O–H groups in total. The number of hydrogen-bond acceptors (Lipinski definition) is 7. The number of hydrogen-bond donors (Lipinski definition) is 3. The fraction of sp³-hybridized carbons (Fsp3) is 0.278. The van der Waals surface area contributed by atoms with Crippen LogP contribution in [0.1, 0.15) is 26.5 Å². The monoisotopic (exact) mass is 668 g/mol. The molecule has 0 bridgehead atoms. The highest BCUT2D eigenvalue weighted by atomic mass is 32.2. The predicted octanol–water partition coefficient (Wildman–Crippen LogP) is 6.48. The van der Waals surface area contributed by atoms with Gasteiger partial charge in [-0.1, -0.05) is 69.3 Å². The van der Waals surface area contributed by atoms with Gasteiger partial charge >= 0.3 is 6.03 Å². The van der Waals surface area contributed by atoms with E-state index in [1.165, 1.54) is 12.1 Å². The summed E-state index contributed by atoms with van der Waals surface area (Å²) in [6.07, 6.45) is 0. The zero-order chi connectivity index (χ0) is 33.7. The Morgan fingerprint density at radius 1 is 0.875 bits per heavy atom. The molecule has 1 aromatic heterocycles. The summed E-state index contributed by atoms with van der Waals surface area (Å²) in [4.78, 5) is 15.9. The maximum Gasteiger partial charge on any atom is 0.324 e. The molecule has 4 aromatic carbocycles. The van der Waals surface area contributed by atoms with Gasteiger partial charge in [0, 0.05) is 47.6 Å². The molecule has 6 rings (SSSR count). The molecule has 0 saturated carbocycles. The van der Waals surface area contributed by atoms with Crippen molar-refractivity contribution in [3.8, 4) is 11.4 Å². The lowest BCUT2D eigenvalue weighted by Gasteiger charge is -2.26. The van der Waals surface area contributed by atoms with Crippen molar-refractivity contribution in [2.45, 2.75) is 31.1 Å². The van der Waals surface area contributed by atoms with Crippen LogP contribution in [0.25, 0.3) is 16.5 Å². The number of morpholine rings is 1. The number of nitrogens with zero attached hydrogens (tertiary/aromatic N) is 3. The number of para-hydroxylation sites is 1. The second-order valence-corrected chi connectivity index (χ2v) is 14.3. The lowest BCUT2D eigenvalue weighted by atomic mass is 9.92. The molecule has 0 atom stereocenters. The average Bonchev–Trinajstić information content (AvgIpc) is 3.51. The Balaban J connectivity index is 1.22. The molecule has 11 nitrogen and oxygen atoms in total. The Labute approximate surface area is 280 Å². The number of amides is 2. The minimum Gasteiger partial charge on any atom is -0.492 e. The maximum atomic E-state index is 13.5. The molecule has 0 radical (unpaired) electrons. The first kappa shape index (κ1) is 33.0. The topological polar surface area (TPSA) is 127 Å². The normalized spacial score (nSPS) is 14.1. The van der Waals surface area contributed by atoms with Gasteiger partial charge in [0.2, 0.25) is 0 Å². The van der Waals surface area contributed by atoms with Gasteiger partial charge in [-0.3, -0.25) is 14.9 Å². The number of carbonyl (C=O) groups is 1. The molecule has 2 amide bonds. The summed E-state index contributed by atoms with van der Waals surface area (Å²) in [7, 11) is -3.89. The number of nitrogens with one attached hydrogen (secondary N) is 3. The van der Waals surface area contributed by atoms with E-state index in [2.05, 4.69) is 20.3 Å². The molecule has 0 unspecified atom stereocenters. The lowest BCUT2D eigenvalue weighted by molar-refractivity contribution is 0.0323. The zero-order valence-corrected chi connectivity index (χ0v) is 28.1. The summed E-state index contributed by atoms with van der Waals surface area (Å²) < 4.78 is 42.2. The van der Waals surface area contributed by atoms with Crippen molar-refractivity contribution < 1.29 is 22.7 Å². The summed E-state index contributed by atoms with van der Waals surface area (Å²) in [5.41, 5.74) is 1.92. The van der Waals surface area contributed by atoms with Crippen LogP contribution < -0.4 is 20.1 Å². The van der Waals surface area contributed by atoms with Gasteiger partial charge in [0.05, 0.1) is 35.2 Å². The molecule has 0 spiro atoms. The molecule has 1 fully saturated rings. The van der Waals surface area contributed by atoms with Crippen molar-refractivity contribution in [1.82, 2.24) is 14.7 Å². The van der Waals surface area contributed by atoms with Gasteiger partial charge in [-0.15, -0.1) is 0 Å². The van der Waals surface area contributed by atoms with Crippen LogP contribution >= 0.6 is 0 Å². The van der Waals surface area contributed by atoms with Gasteiger partial charge < -0.3 is 14.8 Å². The van der Waals surface area contributed by atoms with E-state index in [0.717, 1.165) is 55.1 Å². The van der Waals surface area contributed by atoms with Crippen LogP contribution in [0.5, 0.6) is 5.75 Å². The number of sulfonamides is 1. The van der Waals surface area contributed by atoms with E-state index in [0.29, 0.717) is 29.5 Å². The van der Waals surface area contributed by atoms with Crippen LogP contribution in [0, 0.1) is 0 Å². The highest BCUT2D eigenvalue weighted by Crippen LogP contribution is 2.32. The SMILES string of the molecule is CC(C)(C)c1cc(NC(=O)Nc2ccc(OCCN3CCOCC3)c3ccccc23)n(-c2cccc(S(=O)(=O)Nc3ccccc3)c2)n1. The molecular weight excluding hydrogens is 628 g/mol. The van der Waals surface area contributed by atoms with Crippen LogP contribution in [0.3, 0.4) is 0 Å². The van der Waals surface area contributed by atoms with Crippen molar-refractivity contribution in [2.75, 3.05) is 54.8 Å². The zero-order valence-electron chi connectivity index (χ0n) is 27.3. The van der Waals surface area contributed by atoms with Crippen molar-refractivity contribution in [3.63, 3.8) is 0 Å². The minimum atomic E-state index is -3.89. The van der Waals surface area contributed by atoms with Crippen LogP contribution in [0.15, 0.2) is 102 Å². The third-order valence-corrected chi connectivity index (χ3v) is 9.40. The minimum absolute atomic E-state index is 0.0609. The summed E-state index contributed by atoms with van der Waals surface area (Å²) in [6.45, 7) is 10.7. The van der Waals surface area contributed by atoms with Gasteiger partial charge in [-0.05, 0) is 42.5 Å². The Kier molecular flexibility index (Phi) is 9.67. The van der Waals surface area contributed by atoms with Crippen LogP contribution in [0.2, 0.25) is 0 Å². The van der Waals surface area contributed by atoms with E-state index in [9.17, 15) is 13.2 Å². The molecule has 2 heterocycles. The third-order valence-electron chi connectivity index (χ3n) is 8.02. The van der Waals surface area contributed by atoms with E-state index in [-0.39, 0.29) is 10.3 Å². The smallest absolute Gasteiger partial charge is 0.324 e. The largest absolute Gasteiger partial charge is 0.492 e. The number of ether oxygens (including phenoxy) is 2. The Morgan fingerprint density at radius 3 is 2.35 bits per heavy atom. The quantitative estimate of drug-likeness (QED) is 0.156. The standard InChI is InChI=1S/C36H40N6O5S/c1-36(2,3)33-25-34(42(39-33)27-12-9-13-28(24-27)48(44,45)40-26-10-5-4-6-11-26)38-35(43)37-31-16-17-32(30-15-8-7-14-29(30)31)47-23-20-41-18-21-46-22-19-41/h4-17,24-25,40H,18-23H2,1-3H3,(H2,37,38,43). The molecule has 48 heavy (non-hydrogen) atoms. The fourth-order valence-electron chi connectivity index (χ4n) is 5.42. The number of urea groups is 1. The number of anilines is 3. The second kappa shape index (κ2) is 14.1. The number of benzene rings is 4. The molecular formula is C36H40N6O5S. The van der Waals surface area contributed by atoms with Crippen molar-refractivity contribution in [3.05, 3.63) is 103 Å². The van der Waals surface area contributed by atoms with E-state index < -0.39 is 16.1 Å². The molecule has 0 aliphatic carbocycles. The van der Waals surface area contributed by atoms with Gasteiger partial charge in [-0.2, -0.15) is 5.10 Å². The van der Waals surface area contributed by atoms with Gasteiger partial charge in [0.25, 0.3) is 10.0 Å². The van der Waals surface area contributed by atoms with Crippen LogP contribution in [-0.4, -0.2) is 68.6 Å². The summed E-state index contributed by atoms with van der Waals surface area (Å²) >= 11 is 0. The van der Waals surface area contributed by atoms with Crippen LogP contribution in [-0.2, 0) is 20.2 Å². The Morgan fingerprint density at radius 2 is 1.60 bits per heavy atom. The van der Waals surface area contributed by atoms with E-state index in [4.69, 9.17) is 14.6 Å². The van der Waals surface area contributed by atoms with Crippen molar-refractivity contribution >= 4 is 44.0 Å². The summed E-state index contributed by atoms with van der Waals surface area (Å²) in [5.74, 6) is 1.13. The van der Waals surface area contributed by atoms with E-state index in [1.807, 2.05) is 63.2 Å². The first-order valence-electron chi connectivity index (χ1n) is 15.9. The van der Waals surface area contributed by atoms with E-state index in [1.54, 1.807) is 47.1 Å². The van der Waals surface area contributed by atoms with E-state index >= 15 is 0 Å². The Bertz CT molecular complexity index is 2000. The van der Waals surface area contributed by atoms with Gasteiger partial charge in [0.1, 0.15) is 18.2 Å². The first-order chi connectivity index (χ1) is 23.1.